The Bertz CT molecular complexity index is 774. The van der Waals surface area contributed by atoms with Crippen LogP contribution in [0.5, 0.6) is 0 Å². The fourth-order valence-electron chi connectivity index (χ4n) is 3.35. The second-order valence-corrected chi connectivity index (χ2v) is 7.11. The minimum atomic E-state index is -3.01. The molecule has 0 unspecified atom stereocenters. The summed E-state index contributed by atoms with van der Waals surface area (Å²) in [4.78, 5) is 5.67. The highest BCUT2D eigenvalue weighted by molar-refractivity contribution is 7.67. The molecule has 1 saturated heterocycles. The van der Waals surface area contributed by atoms with Gasteiger partial charge >= 0.3 is 0 Å². The summed E-state index contributed by atoms with van der Waals surface area (Å²) in [5.41, 5.74) is 7.54. The maximum absolute atomic E-state index is 10.9. The molecule has 1 aromatic carbocycles. The van der Waals surface area contributed by atoms with Gasteiger partial charge in [0.05, 0.1) is 0 Å². The third-order valence-corrected chi connectivity index (χ3v) is 5.26. The maximum Gasteiger partial charge on any atom is 0.259 e. The smallest absolute Gasteiger partial charge is 0.259 e. The predicted octanol–water partition coefficient (Wildman–Crippen LogP) is 1.48. The van der Waals surface area contributed by atoms with E-state index in [1.807, 2.05) is 18.3 Å². The van der Waals surface area contributed by atoms with Gasteiger partial charge in [-0.3, -0.25) is 5.73 Å². The second-order valence-electron chi connectivity index (χ2n) is 6.48. The van der Waals surface area contributed by atoms with Gasteiger partial charge in [0.2, 0.25) is 0 Å². The summed E-state index contributed by atoms with van der Waals surface area (Å²) in [5, 5.41) is 1.07. The summed E-state index contributed by atoms with van der Waals surface area (Å²) >= 11 is 0. The summed E-state index contributed by atoms with van der Waals surface area (Å²) in [5.74, 6) is 0. The average molecular weight is 337 g/mol. The zero-order valence-electron chi connectivity index (χ0n) is 13.4. The Balaban J connectivity index is 1.93. The van der Waals surface area contributed by atoms with Crippen LogP contribution in [-0.2, 0) is 27.3 Å². The first-order valence-electron chi connectivity index (χ1n) is 7.80. The number of aromatic nitrogens is 1. The number of rotatable bonds is 5. The van der Waals surface area contributed by atoms with Crippen molar-refractivity contribution < 1.29 is 12.6 Å². The molecule has 23 heavy (non-hydrogen) atoms. The van der Waals surface area contributed by atoms with Crippen molar-refractivity contribution in [2.75, 3.05) is 13.6 Å². The van der Waals surface area contributed by atoms with Crippen molar-refractivity contribution >= 4 is 21.9 Å². The molecule has 0 bridgehead atoms. The first kappa shape index (κ1) is 16.4. The molecule has 2 heterocycles. The number of nitrogens with one attached hydrogen (secondary N) is 1. The molecule has 1 aliphatic heterocycles. The third kappa shape index (κ3) is 3.42. The normalized spacial score (nSPS) is 22.0. The highest BCUT2D eigenvalue weighted by atomic mass is 32.2. The Morgan fingerprint density at radius 3 is 2.91 bits per heavy atom. The largest absolute Gasteiger partial charge is 0.361 e. The Morgan fingerprint density at radius 1 is 1.48 bits per heavy atom. The van der Waals surface area contributed by atoms with E-state index in [9.17, 15) is 8.42 Å². The van der Waals surface area contributed by atoms with Crippen LogP contribution in [0.3, 0.4) is 0 Å². The molecular weight excluding hydrogens is 314 g/mol. The Hall–Kier alpha value is -1.41. The van der Waals surface area contributed by atoms with E-state index in [-0.39, 0.29) is 0 Å². The summed E-state index contributed by atoms with van der Waals surface area (Å²) in [7, 11) is -0.848. The van der Waals surface area contributed by atoms with Crippen LogP contribution in [0.15, 0.2) is 24.4 Å². The van der Waals surface area contributed by atoms with Gasteiger partial charge in [0.25, 0.3) is 11.0 Å². The molecule has 126 valence electrons. The molecule has 1 aliphatic rings. The lowest BCUT2D eigenvalue weighted by molar-refractivity contribution is 0.111. The quantitative estimate of drug-likeness (QED) is 0.568. The van der Waals surface area contributed by atoms with Crippen LogP contribution < -0.4 is 5.73 Å². The van der Waals surface area contributed by atoms with Crippen molar-refractivity contribution in [2.45, 2.75) is 38.0 Å². The minimum absolute atomic E-state index is 0.550. The van der Waals surface area contributed by atoms with E-state index in [2.05, 4.69) is 16.9 Å². The van der Waals surface area contributed by atoms with E-state index in [0.717, 1.165) is 23.9 Å². The lowest BCUT2D eigenvalue weighted by Crippen LogP contribution is -2.35. The number of likely N-dealkylation sites (N-methyl/N-ethyl adjacent to an activating group) is 1. The van der Waals surface area contributed by atoms with Gasteiger partial charge in [0, 0.05) is 28.7 Å². The number of fused-ring (bicyclic) bond motifs is 1. The molecule has 1 fully saturated rings. The highest BCUT2D eigenvalue weighted by Crippen LogP contribution is 2.28. The van der Waals surface area contributed by atoms with Crippen LogP contribution in [0, 0.1) is 0 Å². The molecule has 0 radical (unpaired) electrons. The topological polar surface area (TPSA) is 88.4 Å². The Kier molecular flexibility index (Phi) is 4.46. The van der Waals surface area contributed by atoms with Gasteiger partial charge in [0.15, 0.2) is 5.72 Å². The van der Waals surface area contributed by atoms with Crippen molar-refractivity contribution in [3.63, 3.8) is 0 Å². The third-order valence-electron chi connectivity index (χ3n) is 4.73. The van der Waals surface area contributed by atoms with E-state index in [1.54, 1.807) is 13.0 Å². The van der Waals surface area contributed by atoms with Gasteiger partial charge in [0.1, 0.15) is 0 Å². The van der Waals surface area contributed by atoms with Crippen molar-refractivity contribution in [3.8, 4) is 0 Å². The van der Waals surface area contributed by atoms with Crippen LogP contribution in [-0.4, -0.2) is 37.9 Å². The molecule has 2 aromatic rings. The Morgan fingerprint density at radius 2 is 2.26 bits per heavy atom. The number of hydrogen-bond donors (Lipinski definition) is 3. The van der Waals surface area contributed by atoms with Crippen LogP contribution >= 0.6 is 0 Å². The molecule has 0 aliphatic carbocycles. The standard InChI is InChI=1S/C16H23N3O3S/c1-16(17,22-23(20)21)12-5-6-15-14(9-12)11(10-18-15)8-13-4-3-7-19(13)2/h5-6,9-10,13,18,23H,3-4,7-8,17H2,1-2H3/t13-,16-/m1/s1. The number of H-pyrrole nitrogens is 1. The molecule has 3 N–H and O–H groups in total. The fourth-order valence-corrected chi connectivity index (χ4v) is 3.77. The first-order chi connectivity index (χ1) is 10.9. The van der Waals surface area contributed by atoms with Crippen LogP contribution in [0.4, 0.5) is 0 Å². The van der Waals surface area contributed by atoms with Crippen molar-refractivity contribution in [3.05, 3.63) is 35.5 Å². The SMILES string of the molecule is CN1CCC[C@@H]1Cc1c[nH]c2ccc([C@](C)(N)O[SH](=O)=O)cc12. The molecule has 1 aromatic heterocycles. The van der Waals surface area contributed by atoms with Gasteiger partial charge in [-0.2, -0.15) is 0 Å². The predicted molar refractivity (Wildman–Crippen MR) is 90.6 cm³/mol. The van der Waals surface area contributed by atoms with Crippen molar-refractivity contribution in [1.82, 2.24) is 9.88 Å². The van der Waals surface area contributed by atoms with Gasteiger partial charge < -0.3 is 9.88 Å². The van der Waals surface area contributed by atoms with Crippen LogP contribution in [0.25, 0.3) is 10.9 Å². The van der Waals surface area contributed by atoms with Crippen LogP contribution in [0.1, 0.15) is 30.9 Å². The number of thiol groups is 1. The minimum Gasteiger partial charge on any atom is -0.361 e. The first-order valence-corrected chi connectivity index (χ1v) is 8.89. The molecule has 3 rings (SSSR count). The molecular formula is C16H23N3O3S. The number of benzene rings is 1. The lowest BCUT2D eigenvalue weighted by Gasteiger charge is -2.22. The van der Waals surface area contributed by atoms with E-state index in [1.165, 1.54) is 18.4 Å². The van der Waals surface area contributed by atoms with Crippen molar-refractivity contribution in [1.29, 1.82) is 0 Å². The Labute approximate surface area is 137 Å². The van der Waals surface area contributed by atoms with Crippen molar-refractivity contribution in [2.24, 2.45) is 5.73 Å². The summed E-state index contributed by atoms with van der Waals surface area (Å²) in [6.45, 7) is 2.69. The molecule has 0 spiro atoms. The van der Waals surface area contributed by atoms with Gasteiger partial charge in [-0.25, -0.2) is 12.6 Å². The molecule has 0 saturated carbocycles. The maximum atomic E-state index is 10.9. The number of nitrogens with zero attached hydrogens (tertiary/aromatic N) is 1. The molecule has 0 amide bonds. The van der Waals surface area contributed by atoms with E-state index in [0.29, 0.717) is 11.6 Å². The zero-order valence-corrected chi connectivity index (χ0v) is 14.3. The van der Waals surface area contributed by atoms with Gasteiger partial charge in [-0.1, -0.05) is 6.07 Å². The summed E-state index contributed by atoms with van der Waals surface area (Å²) in [6, 6.07) is 6.19. The van der Waals surface area contributed by atoms with Crippen LogP contribution in [0.2, 0.25) is 0 Å². The van der Waals surface area contributed by atoms with Gasteiger partial charge in [-0.15, -0.1) is 0 Å². The monoisotopic (exact) mass is 337 g/mol. The van der Waals surface area contributed by atoms with E-state index in [4.69, 9.17) is 9.92 Å². The molecule has 6 nitrogen and oxygen atoms in total. The zero-order chi connectivity index (χ0) is 16.6. The summed E-state index contributed by atoms with van der Waals surface area (Å²) in [6.07, 6.45) is 5.44. The number of nitrogens with two attached hydrogens (primary N) is 1. The number of likely N-dealkylation sites (tertiary alicyclic amines) is 1. The number of hydrogen-bond acceptors (Lipinski definition) is 5. The van der Waals surface area contributed by atoms with Gasteiger partial charge in [-0.05, 0) is 57.5 Å². The summed E-state index contributed by atoms with van der Waals surface area (Å²) < 4.78 is 26.6. The fraction of sp³-hybridized carbons (Fsp3) is 0.500. The second kappa shape index (κ2) is 6.24. The average Bonchev–Trinajstić information content (AvgIpc) is 3.05. The molecule has 2 atom stereocenters. The highest BCUT2D eigenvalue weighted by Gasteiger charge is 2.26. The van der Waals surface area contributed by atoms with E-state index >= 15 is 0 Å². The number of aromatic amines is 1. The van der Waals surface area contributed by atoms with E-state index < -0.39 is 16.7 Å². The lowest BCUT2D eigenvalue weighted by atomic mass is 9.99. The molecule has 7 heteroatoms.